The lowest BCUT2D eigenvalue weighted by Crippen LogP contribution is -2.28. The molecule has 144 valence electrons. The zero-order valence-electron chi connectivity index (χ0n) is 14.5. The highest BCUT2D eigenvalue weighted by molar-refractivity contribution is 7.89. The fourth-order valence-corrected chi connectivity index (χ4v) is 5.20. The van der Waals surface area contributed by atoms with Gasteiger partial charge in [-0.05, 0) is 43.2 Å². The number of anilines is 1. The number of halogens is 2. The third-order valence-corrected chi connectivity index (χ3v) is 6.99. The van der Waals surface area contributed by atoms with Gasteiger partial charge in [-0.2, -0.15) is 4.31 Å². The van der Waals surface area contributed by atoms with Crippen molar-refractivity contribution in [2.24, 2.45) is 0 Å². The number of ether oxygens (including phenoxy) is 1. The monoisotopic (exact) mass is 428 g/mol. The molecule has 3 rings (SSSR count). The molecule has 0 saturated carbocycles. The maximum atomic E-state index is 12.8. The minimum Gasteiger partial charge on any atom is -0.496 e. The van der Waals surface area contributed by atoms with Crippen molar-refractivity contribution in [2.45, 2.75) is 17.7 Å². The number of rotatable bonds is 5. The van der Waals surface area contributed by atoms with Gasteiger partial charge in [0.15, 0.2) is 0 Å². The number of hydrogen-bond donors (Lipinski definition) is 1. The first-order valence-electron chi connectivity index (χ1n) is 8.28. The van der Waals surface area contributed by atoms with Crippen LogP contribution in [0.2, 0.25) is 10.0 Å². The van der Waals surface area contributed by atoms with Gasteiger partial charge in [0.05, 0.1) is 17.2 Å². The molecule has 1 fully saturated rings. The zero-order chi connectivity index (χ0) is 19.6. The van der Waals surface area contributed by atoms with Crippen LogP contribution in [-0.4, -0.2) is 38.8 Å². The average Bonchev–Trinajstić information content (AvgIpc) is 3.18. The molecule has 27 heavy (non-hydrogen) atoms. The fraction of sp³-hybridized carbons (Fsp3) is 0.278. The van der Waals surface area contributed by atoms with E-state index in [2.05, 4.69) is 5.32 Å². The predicted octanol–water partition coefficient (Wildman–Crippen LogP) is 4.04. The number of nitrogens with zero attached hydrogens (tertiary/aromatic N) is 1. The van der Waals surface area contributed by atoms with Gasteiger partial charge in [-0.3, -0.25) is 4.79 Å². The van der Waals surface area contributed by atoms with Crippen molar-refractivity contribution in [3.05, 3.63) is 52.0 Å². The Balaban J connectivity index is 1.92. The summed E-state index contributed by atoms with van der Waals surface area (Å²) in [6.45, 7) is 0.929. The van der Waals surface area contributed by atoms with Crippen LogP contribution >= 0.6 is 23.2 Å². The van der Waals surface area contributed by atoms with Crippen molar-refractivity contribution in [1.29, 1.82) is 0 Å². The Kier molecular flexibility index (Phi) is 5.95. The molecule has 1 heterocycles. The number of nitrogens with one attached hydrogen (secondary N) is 1. The quantitative estimate of drug-likeness (QED) is 0.779. The standard InChI is InChI=1S/C18H18Cl2N2O4S/c1-26-15-6-4-5-14(20)17(15)18(23)21-12-7-8-13(19)16(11-12)27(24,25)22-9-2-3-10-22/h4-8,11H,2-3,9-10H2,1H3,(H,21,23). The number of carbonyl (C=O) groups excluding carboxylic acids is 1. The van der Waals surface area contributed by atoms with E-state index in [9.17, 15) is 13.2 Å². The van der Waals surface area contributed by atoms with Crippen LogP contribution in [-0.2, 0) is 10.0 Å². The van der Waals surface area contributed by atoms with E-state index in [-0.39, 0.29) is 20.5 Å². The average molecular weight is 429 g/mol. The second kappa shape index (κ2) is 8.06. The second-order valence-corrected chi connectivity index (χ2v) is 8.75. The molecule has 6 nitrogen and oxygen atoms in total. The van der Waals surface area contributed by atoms with Crippen LogP contribution in [0, 0.1) is 0 Å². The molecular weight excluding hydrogens is 411 g/mol. The molecule has 1 aliphatic rings. The molecule has 2 aromatic carbocycles. The van der Waals surface area contributed by atoms with Gasteiger partial charge in [-0.15, -0.1) is 0 Å². The highest BCUT2D eigenvalue weighted by atomic mass is 35.5. The fourth-order valence-electron chi connectivity index (χ4n) is 2.93. The van der Waals surface area contributed by atoms with Crippen molar-refractivity contribution in [3.8, 4) is 5.75 Å². The highest BCUT2D eigenvalue weighted by Crippen LogP contribution is 2.31. The van der Waals surface area contributed by atoms with Gasteiger partial charge in [0.2, 0.25) is 10.0 Å². The van der Waals surface area contributed by atoms with Gasteiger partial charge in [0.1, 0.15) is 16.2 Å². The summed E-state index contributed by atoms with van der Waals surface area (Å²) in [5, 5.41) is 2.99. The van der Waals surface area contributed by atoms with Gasteiger partial charge in [0.25, 0.3) is 5.91 Å². The van der Waals surface area contributed by atoms with Crippen LogP contribution in [0.1, 0.15) is 23.2 Å². The first-order chi connectivity index (χ1) is 12.8. The Morgan fingerprint density at radius 1 is 1.11 bits per heavy atom. The number of carbonyl (C=O) groups is 1. The molecule has 9 heteroatoms. The Morgan fingerprint density at radius 3 is 2.48 bits per heavy atom. The topological polar surface area (TPSA) is 75.7 Å². The summed E-state index contributed by atoms with van der Waals surface area (Å²) in [4.78, 5) is 12.6. The summed E-state index contributed by atoms with van der Waals surface area (Å²) in [5.74, 6) is -0.192. The Bertz CT molecular complexity index is 973. The van der Waals surface area contributed by atoms with E-state index in [0.717, 1.165) is 12.8 Å². The lowest BCUT2D eigenvalue weighted by atomic mass is 10.1. The normalized spacial score (nSPS) is 14.9. The van der Waals surface area contributed by atoms with E-state index in [4.69, 9.17) is 27.9 Å². The van der Waals surface area contributed by atoms with Crippen LogP contribution < -0.4 is 10.1 Å². The van der Waals surface area contributed by atoms with Crippen LogP contribution in [0.3, 0.4) is 0 Å². The molecule has 0 aliphatic carbocycles. The summed E-state index contributed by atoms with van der Waals surface area (Å²) in [5.41, 5.74) is 0.463. The number of sulfonamides is 1. The van der Waals surface area contributed by atoms with Crippen molar-refractivity contribution < 1.29 is 17.9 Å². The Hall–Kier alpha value is -1.80. The number of benzene rings is 2. The molecule has 1 amide bonds. The van der Waals surface area contributed by atoms with E-state index in [1.54, 1.807) is 18.2 Å². The summed E-state index contributed by atoms with van der Waals surface area (Å²) in [7, 11) is -2.28. The predicted molar refractivity (Wildman–Crippen MR) is 105 cm³/mol. The van der Waals surface area contributed by atoms with Crippen LogP contribution in [0.25, 0.3) is 0 Å². The largest absolute Gasteiger partial charge is 0.496 e. The van der Waals surface area contributed by atoms with E-state index >= 15 is 0 Å². The molecule has 1 N–H and O–H groups in total. The van der Waals surface area contributed by atoms with E-state index in [0.29, 0.717) is 24.5 Å². The highest BCUT2D eigenvalue weighted by Gasteiger charge is 2.29. The molecule has 0 atom stereocenters. The number of hydrogen-bond acceptors (Lipinski definition) is 4. The lowest BCUT2D eigenvalue weighted by Gasteiger charge is -2.17. The number of amides is 1. The summed E-state index contributed by atoms with van der Waals surface area (Å²) < 4.78 is 32.2. The van der Waals surface area contributed by atoms with Gasteiger partial charge >= 0.3 is 0 Å². The molecule has 0 radical (unpaired) electrons. The van der Waals surface area contributed by atoms with Gasteiger partial charge in [-0.25, -0.2) is 8.42 Å². The van der Waals surface area contributed by atoms with Crippen molar-refractivity contribution in [3.63, 3.8) is 0 Å². The van der Waals surface area contributed by atoms with Crippen LogP contribution in [0.15, 0.2) is 41.3 Å². The Morgan fingerprint density at radius 2 is 1.81 bits per heavy atom. The van der Waals surface area contributed by atoms with Crippen molar-refractivity contribution in [2.75, 3.05) is 25.5 Å². The molecule has 2 aromatic rings. The van der Waals surface area contributed by atoms with Gasteiger partial charge in [-0.1, -0.05) is 29.3 Å². The molecule has 0 spiro atoms. The minimum absolute atomic E-state index is 0.0324. The molecule has 1 aliphatic heterocycles. The molecular formula is C18H18Cl2N2O4S. The third-order valence-electron chi connectivity index (χ3n) is 4.29. The SMILES string of the molecule is COc1cccc(Cl)c1C(=O)Nc1ccc(Cl)c(S(=O)(=O)N2CCCC2)c1. The van der Waals surface area contributed by atoms with Crippen molar-refractivity contribution >= 4 is 44.8 Å². The van der Waals surface area contributed by atoms with Gasteiger partial charge < -0.3 is 10.1 Å². The molecule has 1 saturated heterocycles. The van der Waals surface area contributed by atoms with Crippen LogP contribution in [0.5, 0.6) is 5.75 Å². The Labute approximate surface area is 168 Å². The maximum Gasteiger partial charge on any atom is 0.260 e. The first-order valence-corrected chi connectivity index (χ1v) is 10.5. The summed E-state index contributed by atoms with van der Waals surface area (Å²) in [6.07, 6.45) is 1.64. The second-order valence-electron chi connectivity index (χ2n) is 6.03. The van der Waals surface area contributed by atoms with E-state index in [1.165, 1.54) is 29.6 Å². The molecule has 0 unspecified atom stereocenters. The number of methoxy groups -OCH3 is 1. The zero-order valence-corrected chi connectivity index (χ0v) is 16.9. The van der Waals surface area contributed by atoms with Crippen LogP contribution in [0.4, 0.5) is 5.69 Å². The maximum absolute atomic E-state index is 12.8. The molecule has 0 aromatic heterocycles. The minimum atomic E-state index is -3.71. The van der Waals surface area contributed by atoms with Crippen molar-refractivity contribution in [1.82, 2.24) is 4.31 Å². The van der Waals surface area contributed by atoms with E-state index < -0.39 is 15.9 Å². The van der Waals surface area contributed by atoms with E-state index in [1.807, 2.05) is 0 Å². The van der Waals surface area contributed by atoms with Gasteiger partial charge in [0, 0.05) is 18.8 Å². The summed E-state index contributed by atoms with van der Waals surface area (Å²) in [6, 6.07) is 9.20. The third kappa shape index (κ3) is 4.06. The lowest BCUT2D eigenvalue weighted by molar-refractivity contribution is 0.102. The molecule has 0 bridgehead atoms. The smallest absolute Gasteiger partial charge is 0.260 e. The summed E-state index contributed by atoms with van der Waals surface area (Å²) >= 11 is 12.2. The first kappa shape index (κ1) is 19.9.